The van der Waals surface area contributed by atoms with Gasteiger partial charge in [0.25, 0.3) is 5.91 Å². The minimum atomic E-state index is -0.179. The number of nitrogens with one attached hydrogen (secondary N) is 2. The van der Waals surface area contributed by atoms with Gasteiger partial charge in [-0.3, -0.25) is 10.1 Å². The van der Waals surface area contributed by atoms with E-state index in [-0.39, 0.29) is 5.91 Å². The summed E-state index contributed by atoms with van der Waals surface area (Å²) < 4.78 is 0. The number of carbonyl (C=O) groups is 1. The van der Waals surface area contributed by atoms with Crippen LogP contribution < -0.4 is 10.6 Å². The lowest BCUT2D eigenvalue weighted by molar-refractivity contribution is 0.0976. The molecule has 86 valence electrons. The quantitative estimate of drug-likeness (QED) is 0.788. The average molecular weight is 236 g/mol. The van der Waals surface area contributed by atoms with Crippen LogP contribution in [0.1, 0.15) is 24.2 Å². The third kappa shape index (κ3) is 4.40. The van der Waals surface area contributed by atoms with E-state index in [1.165, 1.54) is 0 Å². The highest BCUT2D eigenvalue weighted by Gasteiger charge is 2.06. The lowest BCUT2D eigenvalue weighted by Crippen LogP contribution is -2.40. The fraction of sp³-hybridized carbons (Fsp3) is 0.333. The normalized spacial score (nSPS) is 9.94. The van der Waals surface area contributed by atoms with Crippen molar-refractivity contribution in [2.75, 3.05) is 6.54 Å². The maximum atomic E-state index is 11.7. The van der Waals surface area contributed by atoms with Crippen LogP contribution in [0.15, 0.2) is 30.3 Å². The monoisotopic (exact) mass is 236 g/mol. The van der Waals surface area contributed by atoms with Gasteiger partial charge in [0.1, 0.15) is 0 Å². The van der Waals surface area contributed by atoms with Crippen LogP contribution in [0.2, 0.25) is 0 Å². The summed E-state index contributed by atoms with van der Waals surface area (Å²) in [6.07, 6.45) is 0. The average Bonchev–Trinajstić information content (AvgIpc) is 2.27. The topological polar surface area (TPSA) is 41.1 Å². The van der Waals surface area contributed by atoms with E-state index in [2.05, 4.69) is 24.5 Å². The first-order valence-corrected chi connectivity index (χ1v) is 5.64. The second-order valence-corrected chi connectivity index (χ2v) is 4.33. The fourth-order valence-corrected chi connectivity index (χ4v) is 1.28. The van der Waals surface area contributed by atoms with Crippen LogP contribution in [-0.4, -0.2) is 17.6 Å². The lowest BCUT2D eigenvalue weighted by atomic mass is 10.2. The molecule has 0 radical (unpaired) electrons. The first-order chi connectivity index (χ1) is 7.59. The van der Waals surface area contributed by atoms with E-state index in [4.69, 9.17) is 12.2 Å². The van der Waals surface area contributed by atoms with Gasteiger partial charge < -0.3 is 5.32 Å². The zero-order valence-corrected chi connectivity index (χ0v) is 10.3. The van der Waals surface area contributed by atoms with Crippen molar-refractivity contribution in [3.05, 3.63) is 35.9 Å². The number of thiocarbonyl (C=S) groups is 1. The van der Waals surface area contributed by atoms with Crippen molar-refractivity contribution in [2.24, 2.45) is 5.92 Å². The van der Waals surface area contributed by atoms with E-state index in [1.807, 2.05) is 18.2 Å². The zero-order chi connectivity index (χ0) is 12.0. The molecule has 0 aliphatic carbocycles. The molecule has 16 heavy (non-hydrogen) atoms. The molecular weight excluding hydrogens is 220 g/mol. The van der Waals surface area contributed by atoms with Crippen molar-refractivity contribution >= 4 is 23.2 Å². The molecule has 0 aromatic heterocycles. The first kappa shape index (κ1) is 12.6. The summed E-state index contributed by atoms with van der Waals surface area (Å²) in [4.78, 5) is 11.7. The summed E-state index contributed by atoms with van der Waals surface area (Å²) in [6, 6.07) is 9.01. The SMILES string of the molecule is CC(C)CNC(=S)NC(=O)c1ccccc1. The molecule has 0 aliphatic heterocycles. The van der Waals surface area contributed by atoms with Gasteiger partial charge in [-0.15, -0.1) is 0 Å². The molecule has 4 heteroatoms. The van der Waals surface area contributed by atoms with Crippen molar-refractivity contribution in [3.8, 4) is 0 Å². The van der Waals surface area contributed by atoms with E-state index < -0.39 is 0 Å². The molecule has 0 spiro atoms. The van der Waals surface area contributed by atoms with Crippen LogP contribution in [-0.2, 0) is 0 Å². The highest BCUT2D eigenvalue weighted by Crippen LogP contribution is 1.97. The summed E-state index contributed by atoms with van der Waals surface area (Å²) in [5, 5.41) is 5.99. The number of hydrogen-bond acceptors (Lipinski definition) is 2. The van der Waals surface area contributed by atoms with Gasteiger partial charge in [0, 0.05) is 12.1 Å². The Hall–Kier alpha value is -1.42. The Kier molecular flexibility index (Phi) is 4.92. The lowest BCUT2D eigenvalue weighted by Gasteiger charge is -2.11. The van der Waals surface area contributed by atoms with E-state index in [9.17, 15) is 4.79 Å². The third-order valence-electron chi connectivity index (χ3n) is 1.93. The van der Waals surface area contributed by atoms with E-state index in [0.29, 0.717) is 16.6 Å². The van der Waals surface area contributed by atoms with Gasteiger partial charge in [0.05, 0.1) is 0 Å². The Bertz CT molecular complexity index is 363. The summed E-state index contributed by atoms with van der Waals surface area (Å²) in [7, 11) is 0. The van der Waals surface area contributed by atoms with Crippen LogP contribution in [0.3, 0.4) is 0 Å². The van der Waals surface area contributed by atoms with Gasteiger partial charge in [-0.2, -0.15) is 0 Å². The summed E-state index contributed by atoms with van der Waals surface area (Å²) in [6.45, 7) is 4.91. The second kappa shape index (κ2) is 6.23. The van der Waals surface area contributed by atoms with E-state index in [0.717, 1.165) is 6.54 Å². The molecule has 0 heterocycles. The van der Waals surface area contributed by atoms with Gasteiger partial charge in [-0.05, 0) is 30.3 Å². The van der Waals surface area contributed by atoms with Gasteiger partial charge in [-0.1, -0.05) is 32.0 Å². The zero-order valence-electron chi connectivity index (χ0n) is 9.49. The highest BCUT2D eigenvalue weighted by molar-refractivity contribution is 7.80. The molecule has 0 aliphatic rings. The number of hydrogen-bond donors (Lipinski definition) is 2. The fourth-order valence-electron chi connectivity index (χ4n) is 1.11. The Morgan fingerprint density at radius 2 is 1.94 bits per heavy atom. The largest absolute Gasteiger partial charge is 0.362 e. The van der Waals surface area contributed by atoms with Crippen LogP contribution >= 0.6 is 12.2 Å². The Labute approximate surface area is 101 Å². The molecule has 3 nitrogen and oxygen atoms in total. The van der Waals surface area contributed by atoms with Gasteiger partial charge in [0.15, 0.2) is 5.11 Å². The summed E-state index contributed by atoms with van der Waals surface area (Å²) >= 11 is 5.01. The summed E-state index contributed by atoms with van der Waals surface area (Å²) in [5.74, 6) is 0.313. The van der Waals surface area contributed by atoms with E-state index in [1.54, 1.807) is 12.1 Å². The Morgan fingerprint density at radius 3 is 2.50 bits per heavy atom. The van der Waals surface area contributed by atoms with Crippen LogP contribution in [0.25, 0.3) is 0 Å². The maximum absolute atomic E-state index is 11.7. The molecule has 0 saturated carbocycles. The second-order valence-electron chi connectivity index (χ2n) is 3.92. The van der Waals surface area contributed by atoms with Crippen molar-refractivity contribution in [3.63, 3.8) is 0 Å². The Balaban J connectivity index is 2.43. The smallest absolute Gasteiger partial charge is 0.257 e. The first-order valence-electron chi connectivity index (χ1n) is 5.24. The van der Waals surface area contributed by atoms with Crippen molar-refractivity contribution < 1.29 is 4.79 Å². The molecule has 0 atom stereocenters. The number of rotatable bonds is 3. The van der Waals surface area contributed by atoms with E-state index >= 15 is 0 Å². The maximum Gasteiger partial charge on any atom is 0.257 e. The highest BCUT2D eigenvalue weighted by atomic mass is 32.1. The molecule has 1 aromatic carbocycles. The minimum absolute atomic E-state index is 0.179. The standard InChI is InChI=1S/C12H16N2OS/c1-9(2)8-13-12(16)14-11(15)10-6-4-3-5-7-10/h3-7,9H,8H2,1-2H3,(H2,13,14,15,16). The van der Waals surface area contributed by atoms with Gasteiger partial charge >= 0.3 is 0 Å². The van der Waals surface area contributed by atoms with Crippen molar-refractivity contribution in [1.29, 1.82) is 0 Å². The predicted molar refractivity (Wildman–Crippen MR) is 69.3 cm³/mol. The number of carbonyl (C=O) groups excluding carboxylic acids is 1. The molecule has 0 unspecified atom stereocenters. The molecule has 0 bridgehead atoms. The number of benzene rings is 1. The molecule has 1 amide bonds. The number of amides is 1. The molecule has 0 fully saturated rings. The van der Waals surface area contributed by atoms with Crippen molar-refractivity contribution in [2.45, 2.75) is 13.8 Å². The molecule has 0 saturated heterocycles. The van der Waals surface area contributed by atoms with Gasteiger partial charge in [-0.25, -0.2) is 0 Å². The van der Waals surface area contributed by atoms with Crippen molar-refractivity contribution in [1.82, 2.24) is 10.6 Å². The van der Waals surface area contributed by atoms with Crippen LogP contribution in [0.5, 0.6) is 0 Å². The third-order valence-corrected chi connectivity index (χ3v) is 2.18. The minimum Gasteiger partial charge on any atom is -0.362 e. The molecule has 1 rings (SSSR count). The Morgan fingerprint density at radius 1 is 1.31 bits per heavy atom. The molecule has 1 aromatic rings. The predicted octanol–water partition coefficient (Wildman–Crippen LogP) is 1.95. The van der Waals surface area contributed by atoms with Gasteiger partial charge in [0.2, 0.25) is 0 Å². The summed E-state index contributed by atoms with van der Waals surface area (Å²) in [5.41, 5.74) is 0.608. The molecular formula is C12H16N2OS. The van der Waals surface area contributed by atoms with Crippen LogP contribution in [0, 0.1) is 5.92 Å². The molecule has 2 N–H and O–H groups in total. The van der Waals surface area contributed by atoms with Crippen LogP contribution in [0.4, 0.5) is 0 Å².